The Hall–Kier alpha value is -3.34. The molecule has 0 aromatic heterocycles. The lowest BCUT2D eigenvalue weighted by Crippen LogP contribution is -2.40. The molecule has 0 spiro atoms. The largest absolute Gasteiger partial charge is 0.477 e. The van der Waals surface area contributed by atoms with E-state index < -0.39 is 50.7 Å². The van der Waals surface area contributed by atoms with E-state index in [1.165, 1.54) is 12.1 Å². The molecule has 1 fully saturated rings. The first-order chi connectivity index (χ1) is 14.5. The number of halogens is 3. The van der Waals surface area contributed by atoms with Crippen molar-refractivity contribution in [3.63, 3.8) is 0 Å². The summed E-state index contributed by atoms with van der Waals surface area (Å²) in [7, 11) is -4.25. The average molecular weight is 455 g/mol. The van der Waals surface area contributed by atoms with Crippen molar-refractivity contribution >= 4 is 27.5 Å². The van der Waals surface area contributed by atoms with Gasteiger partial charge in [-0.05, 0) is 41.8 Å². The molecule has 1 saturated heterocycles. The van der Waals surface area contributed by atoms with Gasteiger partial charge in [0, 0.05) is 13.1 Å². The lowest BCUT2D eigenvalue weighted by Gasteiger charge is -2.29. The molecule has 2 aromatic rings. The van der Waals surface area contributed by atoms with Gasteiger partial charge in [0.15, 0.2) is 9.84 Å². The van der Waals surface area contributed by atoms with Gasteiger partial charge in [0.05, 0.1) is 4.90 Å². The van der Waals surface area contributed by atoms with E-state index in [4.69, 9.17) is 5.11 Å². The van der Waals surface area contributed by atoms with E-state index in [0.717, 1.165) is 41.3 Å². The lowest BCUT2D eigenvalue weighted by atomic mass is 9.94. The number of likely N-dealkylation sites (tertiary alicyclic amines) is 1. The van der Waals surface area contributed by atoms with Gasteiger partial charge in [-0.15, -0.1) is 0 Å². The molecular weight excluding hydrogens is 439 g/mol. The van der Waals surface area contributed by atoms with E-state index in [0.29, 0.717) is 0 Å². The normalized spacial score (nSPS) is 18.6. The SMILES string of the molecule is O=C(O)C(=C(F)F)c1ccc([C@]2(S(=O)(=O)c3ccc(F)cc3)CCN(C(=O)O)C2)cc1. The minimum Gasteiger partial charge on any atom is -0.477 e. The second-order valence-corrected chi connectivity index (χ2v) is 9.18. The predicted octanol–water partition coefficient (Wildman–Crippen LogP) is 3.57. The Morgan fingerprint density at radius 2 is 1.55 bits per heavy atom. The second-order valence-electron chi connectivity index (χ2n) is 6.92. The summed E-state index contributed by atoms with van der Waals surface area (Å²) in [6.45, 7) is -0.530. The van der Waals surface area contributed by atoms with Gasteiger partial charge in [0.2, 0.25) is 0 Å². The third-order valence-corrected chi connectivity index (χ3v) is 7.73. The number of amides is 1. The molecule has 0 unspecified atom stereocenters. The van der Waals surface area contributed by atoms with E-state index in [-0.39, 0.29) is 29.0 Å². The molecule has 31 heavy (non-hydrogen) atoms. The Labute approximate surface area is 175 Å². The van der Waals surface area contributed by atoms with Gasteiger partial charge in [-0.25, -0.2) is 22.4 Å². The summed E-state index contributed by atoms with van der Waals surface area (Å²) in [4.78, 5) is 23.2. The van der Waals surface area contributed by atoms with Gasteiger partial charge >= 0.3 is 12.1 Å². The molecule has 0 saturated carbocycles. The van der Waals surface area contributed by atoms with Crippen molar-refractivity contribution in [3.8, 4) is 0 Å². The third-order valence-electron chi connectivity index (χ3n) is 5.24. The Balaban J connectivity index is 2.15. The van der Waals surface area contributed by atoms with Crippen LogP contribution in [0.25, 0.3) is 5.57 Å². The Morgan fingerprint density at radius 1 is 0.968 bits per heavy atom. The molecule has 1 aliphatic heterocycles. The number of hydrogen-bond donors (Lipinski definition) is 2. The summed E-state index contributed by atoms with van der Waals surface area (Å²) < 4.78 is 64.5. The van der Waals surface area contributed by atoms with Crippen LogP contribution in [0.3, 0.4) is 0 Å². The number of aliphatic carboxylic acids is 1. The molecule has 1 atom stereocenters. The summed E-state index contributed by atoms with van der Waals surface area (Å²) in [5.41, 5.74) is -1.45. The van der Waals surface area contributed by atoms with Gasteiger partial charge in [0.25, 0.3) is 6.08 Å². The minimum atomic E-state index is -4.25. The van der Waals surface area contributed by atoms with E-state index in [1.54, 1.807) is 0 Å². The quantitative estimate of drug-likeness (QED) is 0.527. The standard InChI is InChI=1S/C20H16F3NO6S/c21-14-5-7-15(8-6-14)31(29,30)20(9-10-24(11-20)19(27)28)13-3-1-12(2-4-13)16(17(22)23)18(25)26/h1-8H,9-11H2,(H,25,26)(H,27,28)/t20-/m0/s1. The smallest absolute Gasteiger partial charge is 0.407 e. The van der Waals surface area contributed by atoms with Crippen LogP contribution in [0.4, 0.5) is 18.0 Å². The maximum absolute atomic E-state index is 13.5. The van der Waals surface area contributed by atoms with Crippen molar-refractivity contribution in [1.82, 2.24) is 4.90 Å². The molecule has 11 heteroatoms. The van der Waals surface area contributed by atoms with Crippen LogP contribution >= 0.6 is 0 Å². The molecule has 0 radical (unpaired) electrons. The molecule has 2 N–H and O–H groups in total. The van der Waals surface area contributed by atoms with Crippen LogP contribution in [0.5, 0.6) is 0 Å². The number of hydrogen-bond acceptors (Lipinski definition) is 4. The van der Waals surface area contributed by atoms with Crippen molar-refractivity contribution in [2.75, 3.05) is 13.1 Å². The fraction of sp³-hybridized carbons (Fsp3) is 0.200. The molecular formula is C20H16F3NO6S. The number of carbonyl (C=O) groups is 2. The van der Waals surface area contributed by atoms with E-state index in [2.05, 4.69) is 0 Å². The molecule has 1 heterocycles. The van der Waals surface area contributed by atoms with Gasteiger partial charge in [0.1, 0.15) is 16.1 Å². The van der Waals surface area contributed by atoms with Crippen LogP contribution in [-0.2, 0) is 19.4 Å². The highest BCUT2D eigenvalue weighted by Crippen LogP contribution is 2.43. The molecule has 1 aliphatic rings. The van der Waals surface area contributed by atoms with E-state index in [1.807, 2.05) is 0 Å². The van der Waals surface area contributed by atoms with Gasteiger partial charge < -0.3 is 15.1 Å². The average Bonchev–Trinajstić information content (AvgIpc) is 3.16. The monoisotopic (exact) mass is 455 g/mol. The predicted molar refractivity (Wildman–Crippen MR) is 103 cm³/mol. The topological polar surface area (TPSA) is 112 Å². The molecule has 0 aliphatic carbocycles. The number of carboxylic acids is 1. The molecule has 2 aromatic carbocycles. The van der Waals surface area contributed by atoms with Crippen molar-refractivity contribution in [1.29, 1.82) is 0 Å². The second kappa shape index (κ2) is 8.06. The van der Waals surface area contributed by atoms with Crippen molar-refractivity contribution in [3.05, 3.63) is 71.6 Å². The van der Waals surface area contributed by atoms with Crippen LogP contribution in [-0.4, -0.2) is 48.7 Å². The van der Waals surface area contributed by atoms with E-state index in [9.17, 15) is 36.3 Å². The van der Waals surface area contributed by atoms with Crippen molar-refractivity contribution in [2.24, 2.45) is 0 Å². The first-order valence-electron chi connectivity index (χ1n) is 8.87. The van der Waals surface area contributed by atoms with Crippen molar-refractivity contribution < 1.29 is 41.4 Å². The maximum atomic E-state index is 13.5. The van der Waals surface area contributed by atoms with Crippen LogP contribution in [0, 0.1) is 5.82 Å². The summed E-state index contributed by atoms with van der Waals surface area (Å²) >= 11 is 0. The minimum absolute atomic E-state index is 0.100. The van der Waals surface area contributed by atoms with E-state index >= 15 is 0 Å². The number of carboxylic acid groups (broad SMARTS) is 2. The maximum Gasteiger partial charge on any atom is 0.407 e. The van der Waals surface area contributed by atoms with Gasteiger partial charge in [-0.1, -0.05) is 24.3 Å². The Morgan fingerprint density at radius 3 is 2.00 bits per heavy atom. The van der Waals surface area contributed by atoms with Crippen molar-refractivity contribution in [2.45, 2.75) is 16.1 Å². The number of nitrogens with zero attached hydrogens (tertiary/aromatic N) is 1. The van der Waals surface area contributed by atoms with Crippen LogP contribution < -0.4 is 0 Å². The zero-order valence-corrected chi connectivity index (χ0v) is 16.6. The van der Waals surface area contributed by atoms with Crippen LogP contribution in [0.15, 0.2) is 59.5 Å². The highest BCUT2D eigenvalue weighted by molar-refractivity contribution is 7.92. The Bertz CT molecular complexity index is 1160. The number of sulfone groups is 1. The van der Waals surface area contributed by atoms with Gasteiger partial charge in [-0.3, -0.25) is 0 Å². The first kappa shape index (κ1) is 22.3. The molecule has 3 rings (SSSR count). The third kappa shape index (κ3) is 3.88. The number of rotatable bonds is 5. The first-order valence-corrected chi connectivity index (χ1v) is 10.4. The summed E-state index contributed by atoms with van der Waals surface area (Å²) in [5.74, 6) is -2.50. The van der Waals surface area contributed by atoms with Crippen LogP contribution in [0.2, 0.25) is 0 Å². The fourth-order valence-corrected chi connectivity index (χ4v) is 5.73. The summed E-state index contributed by atoms with van der Waals surface area (Å²) in [6, 6.07) is 8.51. The molecule has 1 amide bonds. The molecule has 0 bridgehead atoms. The molecule has 7 nitrogen and oxygen atoms in total. The highest BCUT2D eigenvalue weighted by Gasteiger charge is 2.52. The zero-order chi connectivity index (χ0) is 23.0. The summed E-state index contributed by atoms with van der Waals surface area (Å²) in [5, 5.41) is 18.3. The number of benzene rings is 2. The zero-order valence-electron chi connectivity index (χ0n) is 15.8. The fourth-order valence-electron chi connectivity index (χ4n) is 3.65. The summed E-state index contributed by atoms with van der Waals surface area (Å²) in [6.07, 6.45) is -3.87. The van der Waals surface area contributed by atoms with Crippen LogP contribution in [0.1, 0.15) is 17.5 Å². The Kier molecular flexibility index (Phi) is 5.81. The lowest BCUT2D eigenvalue weighted by molar-refractivity contribution is -0.130. The highest BCUT2D eigenvalue weighted by atomic mass is 32.2. The molecule has 164 valence electrons. The van der Waals surface area contributed by atoms with Gasteiger partial charge in [-0.2, -0.15) is 8.78 Å².